The molecular formula is C9H9BrN2S. The lowest BCUT2D eigenvalue weighted by molar-refractivity contribution is 0.941. The first-order valence-electron chi connectivity index (χ1n) is 4.05. The van der Waals surface area contributed by atoms with Gasteiger partial charge in [0.05, 0.1) is 5.52 Å². The van der Waals surface area contributed by atoms with Crippen molar-refractivity contribution in [1.29, 1.82) is 0 Å². The van der Waals surface area contributed by atoms with Crippen LogP contribution in [0.5, 0.6) is 0 Å². The van der Waals surface area contributed by atoms with Crippen LogP contribution >= 0.6 is 28.6 Å². The Kier molecular flexibility index (Phi) is 2.60. The Labute approximate surface area is 90.5 Å². The second-order valence-electron chi connectivity index (χ2n) is 2.75. The van der Waals surface area contributed by atoms with E-state index in [2.05, 4.69) is 37.9 Å². The van der Waals surface area contributed by atoms with Crippen LogP contribution < -0.4 is 0 Å². The molecular weight excluding hydrogens is 248 g/mol. The molecule has 0 radical (unpaired) electrons. The lowest BCUT2D eigenvalue weighted by atomic mass is 10.4. The summed E-state index contributed by atoms with van der Waals surface area (Å²) in [5.41, 5.74) is 1.11. The van der Waals surface area contributed by atoms with Gasteiger partial charge in [-0.05, 0) is 33.8 Å². The van der Waals surface area contributed by atoms with Gasteiger partial charge in [-0.15, -0.1) is 0 Å². The Morgan fingerprint density at radius 1 is 1.46 bits per heavy atom. The number of aromatic nitrogens is 2. The first kappa shape index (κ1) is 9.09. The number of fused-ring (bicyclic) bond motifs is 1. The average molecular weight is 257 g/mol. The molecule has 68 valence electrons. The summed E-state index contributed by atoms with van der Waals surface area (Å²) in [5, 5.41) is 0. The third kappa shape index (κ3) is 1.60. The summed E-state index contributed by atoms with van der Waals surface area (Å²) in [4.78, 5) is 4.41. The fourth-order valence-corrected chi connectivity index (χ4v) is 2.06. The molecule has 2 nitrogen and oxygen atoms in total. The maximum Gasteiger partial charge on any atom is 0.132 e. The van der Waals surface area contributed by atoms with E-state index >= 15 is 0 Å². The van der Waals surface area contributed by atoms with Crippen LogP contribution in [-0.4, -0.2) is 15.1 Å². The molecule has 0 atom stereocenters. The molecule has 0 aromatic carbocycles. The van der Waals surface area contributed by atoms with E-state index in [9.17, 15) is 0 Å². The van der Waals surface area contributed by atoms with E-state index in [-0.39, 0.29) is 0 Å². The van der Waals surface area contributed by atoms with Gasteiger partial charge in [0.2, 0.25) is 0 Å². The summed E-state index contributed by atoms with van der Waals surface area (Å²) in [5.74, 6) is 1.87. The van der Waals surface area contributed by atoms with Crippen LogP contribution in [0.4, 0.5) is 0 Å². The molecule has 0 aliphatic carbocycles. The van der Waals surface area contributed by atoms with Gasteiger partial charge in [-0.1, -0.05) is 6.07 Å². The van der Waals surface area contributed by atoms with Crippen LogP contribution in [0.2, 0.25) is 0 Å². The fraction of sp³-hybridized carbons (Fsp3) is 0.222. The predicted octanol–water partition coefficient (Wildman–Crippen LogP) is 2.57. The Morgan fingerprint density at radius 2 is 2.31 bits per heavy atom. The molecule has 0 bridgehead atoms. The number of halogens is 1. The minimum atomic E-state index is 0.820. The quantitative estimate of drug-likeness (QED) is 0.818. The van der Waals surface area contributed by atoms with Gasteiger partial charge in [-0.3, -0.25) is 0 Å². The number of hydrogen-bond donors (Lipinski definition) is 1. The third-order valence-corrected chi connectivity index (χ3v) is 2.72. The van der Waals surface area contributed by atoms with Crippen LogP contribution in [0.15, 0.2) is 29.0 Å². The fourth-order valence-electron chi connectivity index (χ4n) is 1.34. The van der Waals surface area contributed by atoms with Crippen molar-refractivity contribution in [2.24, 2.45) is 0 Å². The monoisotopic (exact) mass is 256 g/mol. The minimum absolute atomic E-state index is 0.820. The summed E-state index contributed by atoms with van der Waals surface area (Å²) in [7, 11) is 0. The molecule has 2 aromatic rings. The largest absolute Gasteiger partial charge is 0.303 e. The van der Waals surface area contributed by atoms with Crippen LogP contribution in [0.25, 0.3) is 5.52 Å². The maximum atomic E-state index is 4.41. The highest BCUT2D eigenvalue weighted by Crippen LogP contribution is 2.18. The number of rotatable bonds is 2. The molecule has 13 heavy (non-hydrogen) atoms. The first-order chi connectivity index (χ1) is 6.33. The molecule has 0 amide bonds. The third-order valence-electron chi connectivity index (χ3n) is 1.91. The highest BCUT2D eigenvalue weighted by molar-refractivity contribution is 9.10. The van der Waals surface area contributed by atoms with Gasteiger partial charge in [0.1, 0.15) is 10.4 Å². The van der Waals surface area contributed by atoms with Crippen LogP contribution in [0, 0.1) is 0 Å². The van der Waals surface area contributed by atoms with E-state index in [4.69, 9.17) is 0 Å². The first-order valence-corrected chi connectivity index (χ1v) is 5.48. The molecule has 2 rings (SSSR count). The van der Waals surface area contributed by atoms with Crippen molar-refractivity contribution >= 4 is 34.1 Å². The van der Waals surface area contributed by atoms with E-state index in [0.29, 0.717) is 0 Å². The van der Waals surface area contributed by atoms with Crippen molar-refractivity contribution < 1.29 is 0 Å². The SMILES string of the molecule is SCCc1nc(Br)c2ccccn12. The van der Waals surface area contributed by atoms with E-state index in [1.165, 1.54) is 0 Å². The van der Waals surface area contributed by atoms with Crippen LogP contribution in [-0.2, 0) is 6.42 Å². The zero-order valence-electron chi connectivity index (χ0n) is 6.94. The summed E-state index contributed by atoms with van der Waals surface area (Å²) in [6.07, 6.45) is 2.91. The average Bonchev–Trinajstić information content (AvgIpc) is 2.46. The lowest BCUT2D eigenvalue weighted by Crippen LogP contribution is -1.94. The van der Waals surface area contributed by atoms with Crippen molar-refractivity contribution in [3.8, 4) is 0 Å². The molecule has 0 fully saturated rings. The Bertz CT molecular complexity index is 424. The van der Waals surface area contributed by atoms with Gasteiger partial charge in [-0.2, -0.15) is 12.6 Å². The summed E-state index contributed by atoms with van der Waals surface area (Å²) in [6, 6.07) is 6.05. The van der Waals surface area contributed by atoms with Gasteiger partial charge < -0.3 is 4.40 Å². The van der Waals surface area contributed by atoms with E-state index in [1.807, 2.05) is 24.4 Å². The number of thiol groups is 1. The number of nitrogens with zero attached hydrogens (tertiary/aromatic N) is 2. The zero-order valence-corrected chi connectivity index (χ0v) is 9.42. The lowest BCUT2D eigenvalue weighted by Gasteiger charge is -1.96. The second-order valence-corrected chi connectivity index (χ2v) is 3.95. The maximum absolute atomic E-state index is 4.41. The second kappa shape index (κ2) is 3.72. The standard InChI is InChI=1S/C9H9BrN2S/c10-9-7-3-1-2-5-12(7)8(11-9)4-6-13/h1-3,5,13H,4,6H2. The van der Waals surface area contributed by atoms with Crippen molar-refractivity contribution in [2.45, 2.75) is 6.42 Å². The van der Waals surface area contributed by atoms with E-state index in [0.717, 1.165) is 28.1 Å². The Hall–Kier alpha value is -0.480. The smallest absolute Gasteiger partial charge is 0.132 e. The van der Waals surface area contributed by atoms with Crippen molar-refractivity contribution in [3.05, 3.63) is 34.8 Å². The van der Waals surface area contributed by atoms with Gasteiger partial charge in [0.25, 0.3) is 0 Å². The molecule has 0 N–H and O–H groups in total. The number of imidazole rings is 1. The number of pyridine rings is 1. The van der Waals surface area contributed by atoms with Gasteiger partial charge in [0, 0.05) is 12.6 Å². The predicted molar refractivity (Wildman–Crippen MR) is 60.4 cm³/mol. The Balaban J connectivity index is 2.63. The molecule has 0 spiro atoms. The van der Waals surface area contributed by atoms with Gasteiger partial charge in [0.15, 0.2) is 0 Å². The van der Waals surface area contributed by atoms with Crippen LogP contribution in [0.3, 0.4) is 0 Å². The topological polar surface area (TPSA) is 17.3 Å². The highest BCUT2D eigenvalue weighted by atomic mass is 79.9. The van der Waals surface area contributed by atoms with Crippen molar-refractivity contribution in [3.63, 3.8) is 0 Å². The molecule has 4 heteroatoms. The van der Waals surface area contributed by atoms with Gasteiger partial charge >= 0.3 is 0 Å². The van der Waals surface area contributed by atoms with Crippen LogP contribution in [0.1, 0.15) is 5.82 Å². The summed E-state index contributed by atoms with van der Waals surface area (Å²) >= 11 is 7.63. The van der Waals surface area contributed by atoms with Crippen molar-refractivity contribution in [1.82, 2.24) is 9.38 Å². The normalized spacial score (nSPS) is 10.9. The summed E-state index contributed by atoms with van der Waals surface area (Å²) < 4.78 is 2.99. The molecule has 0 unspecified atom stereocenters. The van der Waals surface area contributed by atoms with Crippen molar-refractivity contribution in [2.75, 3.05) is 5.75 Å². The molecule has 0 aliphatic heterocycles. The number of hydrogen-bond acceptors (Lipinski definition) is 2. The number of aryl methyl sites for hydroxylation is 1. The van der Waals surface area contributed by atoms with E-state index in [1.54, 1.807) is 0 Å². The minimum Gasteiger partial charge on any atom is -0.303 e. The molecule has 0 saturated carbocycles. The summed E-state index contributed by atoms with van der Waals surface area (Å²) in [6.45, 7) is 0. The highest BCUT2D eigenvalue weighted by Gasteiger charge is 2.06. The van der Waals surface area contributed by atoms with Gasteiger partial charge in [-0.25, -0.2) is 4.98 Å². The Morgan fingerprint density at radius 3 is 3.08 bits per heavy atom. The van der Waals surface area contributed by atoms with E-state index < -0.39 is 0 Å². The molecule has 2 heterocycles. The molecule has 0 aliphatic rings. The molecule has 2 aromatic heterocycles. The zero-order chi connectivity index (χ0) is 9.26. The molecule has 0 saturated heterocycles.